The van der Waals surface area contributed by atoms with Crippen molar-refractivity contribution in [3.8, 4) is 0 Å². The summed E-state index contributed by atoms with van der Waals surface area (Å²) in [5.41, 5.74) is 7.29. The van der Waals surface area contributed by atoms with Crippen LogP contribution in [0.25, 0.3) is 0 Å². The third-order valence-corrected chi connectivity index (χ3v) is 1.51. The van der Waals surface area contributed by atoms with E-state index in [4.69, 9.17) is 5.73 Å². The Morgan fingerprint density at radius 2 is 1.92 bits per heavy atom. The molecule has 0 heterocycles. The lowest BCUT2D eigenvalue weighted by Crippen LogP contribution is -2.13. The van der Waals surface area contributed by atoms with E-state index in [2.05, 4.69) is 0 Å². The molecule has 1 amide bonds. The van der Waals surface area contributed by atoms with Crippen molar-refractivity contribution < 1.29 is 9.59 Å². The molecule has 0 aliphatic heterocycles. The summed E-state index contributed by atoms with van der Waals surface area (Å²) in [6.07, 6.45) is 1.53. The first-order valence-corrected chi connectivity index (χ1v) is 3.43. The van der Waals surface area contributed by atoms with Crippen molar-refractivity contribution in [1.29, 1.82) is 0 Å². The summed E-state index contributed by atoms with van der Waals surface area (Å²) in [6, 6.07) is 8.45. The summed E-state index contributed by atoms with van der Waals surface area (Å²) in [6.45, 7) is 0. The molecule has 3 heteroatoms. The second-order valence-corrected chi connectivity index (χ2v) is 2.33. The van der Waals surface area contributed by atoms with E-state index in [0.717, 1.165) is 0 Å². The number of amides is 1. The number of hydrogen-bond donors (Lipinski definition) is 0. The molecule has 0 saturated carbocycles. The van der Waals surface area contributed by atoms with Crippen molar-refractivity contribution in [2.75, 3.05) is 0 Å². The molecule has 1 unspecified atom stereocenters. The maximum Gasteiger partial charge on any atom is 0.253 e. The average Bonchev–Trinajstić information content (AvgIpc) is 2.07. The molecule has 0 aromatic heterocycles. The molecular formula is C9H7NO2. The fraction of sp³-hybridized carbons (Fsp3) is 0.111. The minimum Gasteiger partial charge on any atom is -0.290 e. The van der Waals surface area contributed by atoms with Crippen LogP contribution in [0, 0.1) is 0 Å². The second-order valence-electron chi connectivity index (χ2n) is 2.33. The Bertz CT molecular complexity index is 282. The Hall–Kier alpha value is -1.64. The molecule has 3 nitrogen and oxygen atoms in total. The van der Waals surface area contributed by atoms with Crippen LogP contribution in [0.1, 0.15) is 11.5 Å². The zero-order valence-corrected chi connectivity index (χ0v) is 6.28. The minimum absolute atomic E-state index is 0.521. The molecule has 12 heavy (non-hydrogen) atoms. The second kappa shape index (κ2) is 3.67. The van der Waals surface area contributed by atoms with Gasteiger partial charge in [0.05, 0.1) is 0 Å². The zero-order chi connectivity index (χ0) is 8.97. The summed E-state index contributed by atoms with van der Waals surface area (Å²) < 4.78 is 0. The van der Waals surface area contributed by atoms with Crippen molar-refractivity contribution in [3.05, 3.63) is 35.9 Å². The van der Waals surface area contributed by atoms with E-state index in [-0.39, 0.29) is 0 Å². The van der Waals surface area contributed by atoms with Gasteiger partial charge in [-0.1, -0.05) is 30.3 Å². The van der Waals surface area contributed by atoms with Crippen LogP contribution in [0.3, 0.4) is 0 Å². The maximum atomic E-state index is 10.6. The van der Waals surface area contributed by atoms with Crippen molar-refractivity contribution in [2.45, 2.75) is 5.92 Å². The van der Waals surface area contributed by atoms with Crippen molar-refractivity contribution in [1.82, 2.24) is 5.73 Å². The van der Waals surface area contributed by atoms with E-state index < -0.39 is 11.8 Å². The highest BCUT2D eigenvalue weighted by Gasteiger charge is 2.17. The third-order valence-electron chi connectivity index (χ3n) is 1.51. The Labute approximate surface area is 70.2 Å². The fourth-order valence-corrected chi connectivity index (χ4v) is 0.918. The summed E-state index contributed by atoms with van der Waals surface area (Å²) in [7, 11) is 0. The third kappa shape index (κ3) is 1.69. The van der Waals surface area contributed by atoms with Crippen molar-refractivity contribution in [2.24, 2.45) is 0 Å². The largest absolute Gasteiger partial charge is 0.290 e. The number of rotatable bonds is 3. The molecule has 0 aliphatic carbocycles. The highest BCUT2D eigenvalue weighted by Crippen LogP contribution is 2.11. The van der Waals surface area contributed by atoms with Gasteiger partial charge in [-0.05, 0) is 5.56 Å². The lowest BCUT2D eigenvalue weighted by Gasteiger charge is -2.02. The van der Waals surface area contributed by atoms with Gasteiger partial charge >= 0.3 is 0 Å². The first-order valence-electron chi connectivity index (χ1n) is 3.43. The van der Waals surface area contributed by atoms with Crippen LogP contribution in [0.2, 0.25) is 0 Å². The molecule has 0 fully saturated rings. The van der Waals surface area contributed by atoms with Gasteiger partial charge < -0.3 is 0 Å². The molecule has 0 aliphatic rings. The predicted molar refractivity (Wildman–Crippen MR) is 43.0 cm³/mol. The van der Waals surface area contributed by atoms with Crippen LogP contribution in [-0.4, -0.2) is 12.2 Å². The number of hydrogen-bond acceptors (Lipinski definition) is 2. The molecule has 1 N–H and O–H groups in total. The van der Waals surface area contributed by atoms with Gasteiger partial charge in [0.2, 0.25) is 6.29 Å². The zero-order valence-electron chi connectivity index (χ0n) is 6.28. The molecule has 0 bridgehead atoms. The molecule has 2 radical (unpaired) electrons. The number of benzene rings is 1. The van der Waals surface area contributed by atoms with Crippen molar-refractivity contribution in [3.63, 3.8) is 0 Å². The lowest BCUT2D eigenvalue weighted by molar-refractivity contribution is -0.118. The van der Waals surface area contributed by atoms with E-state index in [1.54, 1.807) is 30.3 Å². The number of carbonyl (C=O) groups excluding carboxylic acids is 2. The van der Waals surface area contributed by atoms with Crippen LogP contribution in [0.5, 0.6) is 0 Å². The molecule has 0 spiro atoms. The van der Waals surface area contributed by atoms with E-state index in [9.17, 15) is 9.59 Å². The molecule has 60 valence electrons. The molecule has 1 atom stereocenters. The summed E-state index contributed by atoms with van der Waals surface area (Å²) >= 11 is 0. The Morgan fingerprint density at radius 1 is 1.33 bits per heavy atom. The number of nitrogens with one attached hydrogen (secondary N) is 1. The quantitative estimate of drug-likeness (QED) is 0.612. The normalized spacial score (nSPS) is 12.0. The van der Waals surface area contributed by atoms with Crippen LogP contribution in [0.15, 0.2) is 30.3 Å². The van der Waals surface area contributed by atoms with Gasteiger partial charge in [-0.15, -0.1) is 0 Å². The van der Waals surface area contributed by atoms with E-state index >= 15 is 0 Å². The summed E-state index contributed by atoms with van der Waals surface area (Å²) in [5, 5.41) is 0. The summed E-state index contributed by atoms with van der Waals surface area (Å²) in [4.78, 5) is 20.9. The predicted octanol–water partition coefficient (Wildman–Crippen LogP) is 0.689. The van der Waals surface area contributed by atoms with Gasteiger partial charge in [-0.25, -0.2) is 0 Å². The average molecular weight is 161 g/mol. The smallest absolute Gasteiger partial charge is 0.253 e. The van der Waals surface area contributed by atoms with Crippen LogP contribution in [-0.2, 0) is 9.59 Å². The fourth-order valence-electron chi connectivity index (χ4n) is 0.918. The molecule has 1 aromatic carbocycles. The van der Waals surface area contributed by atoms with Gasteiger partial charge in [-0.2, -0.15) is 0 Å². The Kier molecular flexibility index (Phi) is 2.58. The standard InChI is InChI=1S/C9H7NO2/c10-9(12)8(6-11)7-4-2-1-3-5-7/h1-5,8,10H. The van der Waals surface area contributed by atoms with Gasteiger partial charge in [0.1, 0.15) is 5.92 Å². The highest BCUT2D eigenvalue weighted by molar-refractivity contribution is 5.96. The first-order chi connectivity index (χ1) is 5.75. The van der Waals surface area contributed by atoms with Crippen LogP contribution < -0.4 is 5.73 Å². The SMILES string of the molecule is [NH]C(=O)C([C]=O)c1ccccc1. The topological polar surface area (TPSA) is 57.9 Å². The van der Waals surface area contributed by atoms with Gasteiger partial charge in [0, 0.05) is 0 Å². The van der Waals surface area contributed by atoms with Gasteiger partial charge in [-0.3, -0.25) is 15.3 Å². The lowest BCUT2D eigenvalue weighted by atomic mass is 10.0. The van der Waals surface area contributed by atoms with E-state index in [0.29, 0.717) is 5.56 Å². The van der Waals surface area contributed by atoms with Gasteiger partial charge in [0.15, 0.2) is 0 Å². The van der Waals surface area contributed by atoms with E-state index in [1.807, 2.05) is 0 Å². The monoisotopic (exact) mass is 161 g/mol. The van der Waals surface area contributed by atoms with Crippen LogP contribution in [0.4, 0.5) is 0 Å². The first kappa shape index (κ1) is 8.46. The highest BCUT2D eigenvalue weighted by atomic mass is 16.2. The maximum absolute atomic E-state index is 10.6. The Morgan fingerprint density at radius 3 is 2.33 bits per heavy atom. The van der Waals surface area contributed by atoms with Crippen molar-refractivity contribution >= 4 is 12.2 Å². The van der Waals surface area contributed by atoms with E-state index in [1.165, 1.54) is 6.29 Å². The molecule has 1 aromatic rings. The molecular weight excluding hydrogens is 154 g/mol. The molecule has 1 rings (SSSR count). The molecule has 0 saturated heterocycles. The van der Waals surface area contributed by atoms with Crippen LogP contribution >= 0.6 is 0 Å². The Balaban J connectivity index is 2.95. The van der Waals surface area contributed by atoms with Gasteiger partial charge in [0.25, 0.3) is 5.91 Å². The number of carbonyl (C=O) groups is 1. The minimum atomic E-state index is -1.05. The summed E-state index contributed by atoms with van der Waals surface area (Å²) in [5.74, 6) is -1.97.